The van der Waals surface area contributed by atoms with E-state index >= 15 is 0 Å². The Balaban J connectivity index is 2.18. The normalized spacial score (nSPS) is 20.9. The van der Waals surface area contributed by atoms with Crippen LogP contribution in [-0.4, -0.2) is 12.4 Å². The molecule has 1 aliphatic heterocycles. The fraction of sp³-hybridized carbons (Fsp3) is 0.533. The highest BCUT2D eigenvalue weighted by molar-refractivity contribution is 9.10. The molecule has 0 bridgehead atoms. The van der Waals surface area contributed by atoms with Gasteiger partial charge in [0.2, 0.25) is 0 Å². The van der Waals surface area contributed by atoms with Gasteiger partial charge >= 0.3 is 0 Å². The Morgan fingerprint density at radius 2 is 2.11 bits per heavy atom. The largest absolute Gasteiger partial charge is 0.493 e. The van der Waals surface area contributed by atoms with E-state index in [0.717, 1.165) is 47.2 Å². The summed E-state index contributed by atoms with van der Waals surface area (Å²) in [6, 6.07) is 2.07. The number of halogens is 1. The molecule has 3 rings (SSSR count). The summed E-state index contributed by atoms with van der Waals surface area (Å²) in [6.07, 6.45) is 3.56. The quantitative estimate of drug-likeness (QED) is 0.679. The van der Waals surface area contributed by atoms with Crippen LogP contribution in [-0.2, 0) is 12.8 Å². The fourth-order valence-corrected chi connectivity index (χ4v) is 3.72. The van der Waals surface area contributed by atoms with E-state index in [2.05, 4.69) is 35.8 Å². The van der Waals surface area contributed by atoms with Gasteiger partial charge in [0, 0.05) is 28.4 Å². The second kappa shape index (κ2) is 4.09. The molecule has 1 aromatic carbocycles. The minimum Gasteiger partial charge on any atom is -0.493 e. The van der Waals surface area contributed by atoms with Gasteiger partial charge in [-0.2, -0.15) is 0 Å². The molecule has 0 saturated carbocycles. The minimum atomic E-state index is 0.0844. The molecule has 1 aromatic rings. The predicted octanol–water partition coefficient (Wildman–Crippen LogP) is 3.93. The van der Waals surface area contributed by atoms with Crippen LogP contribution in [0.3, 0.4) is 0 Å². The molecule has 0 spiro atoms. The van der Waals surface area contributed by atoms with Crippen LogP contribution in [0, 0.1) is 5.41 Å². The third-order valence-corrected chi connectivity index (χ3v) is 4.62. The SMILES string of the molecule is CC1(C)CCc2c3c(cc(Br)c2C(=O)C1)CCO3. The van der Waals surface area contributed by atoms with E-state index in [9.17, 15) is 4.79 Å². The lowest BCUT2D eigenvalue weighted by molar-refractivity contribution is 0.0933. The van der Waals surface area contributed by atoms with Crippen molar-refractivity contribution in [3.8, 4) is 5.75 Å². The molecule has 1 aliphatic carbocycles. The molecule has 0 saturated heterocycles. The maximum absolute atomic E-state index is 12.5. The van der Waals surface area contributed by atoms with Crippen LogP contribution in [0.25, 0.3) is 0 Å². The van der Waals surface area contributed by atoms with E-state index in [1.807, 2.05) is 0 Å². The molecule has 1 heterocycles. The van der Waals surface area contributed by atoms with Crippen LogP contribution in [0.1, 0.15) is 48.2 Å². The lowest BCUT2D eigenvalue weighted by atomic mass is 9.84. The van der Waals surface area contributed by atoms with Gasteiger partial charge < -0.3 is 4.74 Å². The Labute approximate surface area is 116 Å². The Bertz CT molecular complexity index is 532. The molecule has 0 fully saturated rings. The number of carbonyl (C=O) groups is 1. The lowest BCUT2D eigenvalue weighted by Crippen LogP contribution is -2.14. The van der Waals surface area contributed by atoms with Crippen LogP contribution in [0.5, 0.6) is 5.75 Å². The van der Waals surface area contributed by atoms with Crippen molar-refractivity contribution in [3.05, 3.63) is 27.2 Å². The molecule has 0 N–H and O–H groups in total. The average molecular weight is 309 g/mol. The fourth-order valence-electron chi connectivity index (χ4n) is 2.99. The topological polar surface area (TPSA) is 26.3 Å². The maximum Gasteiger partial charge on any atom is 0.164 e. The predicted molar refractivity (Wildman–Crippen MR) is 74.4 cm³/mol. The van der Waals surface area contributed by atoms with E-state index < -0.39 is 0 Å². The van der Waals surface area contributed by atoms with Crippen molar-refractivity contribution in [1.82, 2.24) is 0 Å². The van der Waals surface area contributed by atoms with Gasteiger partial charge in [0.05, 0.1) is 6.61 Å². The summed E-state index contributed by atoms with van der Waals surface area (Å²) >= 11 is 3.57. The Kier molecular flexibility index (Phi) is 2.77. The van der Waals surface area contributed by atoms with Crippen molar-refractivity contribution in [2.24, 2.45) is 5.41 Å². The van der Waals surface area contributed by atoms with E-state index in [0.29, 0.717) is 6.42 Å². The summed E-state index contributed by atoms with van der Waals surface area (Å²) in [5.41, 5.74) is 3.32. The standard InChI is InChI=1S/C15H17BrO2/c1-15(2)5-3-10-13(12(17)8-15)11(16)7-9-4-6-18-14(9)10/h7H,3-6,8H2,1-2H3. The zero-order valence-electron chi connectivity index (χ0n) is 10.8. The van der Waals surface area contributed by atoms with Crippen LogP contribution in [0.4, 0.5) is 0 Å². The summed E-state index contributed by atoms with van der Waals surface area (Å²) in [5.74, 6) is 1.23. The molecule has 0 unspecified atom stereocenters. The summed E-state index contributed by atoms with van der Waals surface area (Å²) in [4.78, 5) is 12.5. The summed E-state index contributed by atoms with van der Waals surface area (Å²) in [5, 5.41) is 0. The highest BCUT2D eigenvalue weighted by Gasteiger charge is 2.33. The van der Waals surface area contributed by atoms with Gasteiger partial charge in [0.1, 0.15) is 5.75 Å². The average Bonchev–Trinajstić information content (AvgIpc) is 2.67. The molecule has 0 radical (unpaired) electrons. The number of fused-ring (bicyclic) bond motifs is 3. The number of Topliss-reactive ketones (excluding diaryl/α,β-unsaturated/α-hetero) is 1. The molecule has 2 nitrogen and oxygen atoms in total. The summed E-state index contributed by atoms with van der Waals surface area (Å²) < 4.78 is 6.70. The first-order valence-corrected chi connectivity index (χ1v) is 7.27. The first-order chi connectivity index (χ1) is 8.48. The van der Waals surface area contributed by atoms with Crippen molar-refractivity contribution in [2.75, 3.05) is 6.61 Å². The third kappa shape index (κ3) is 1.89. The number of benzene rings is 1. The summed E-state index contributed by atoms with van der Waals surface area (Å²) in [7, 11) is 0. The maximum atomic E-state index is 12.5. The number of hydrogen-bond acceptors (Lipinski definition) is 2. The Morgan fingerprint density at radius 3 is 2.89 bits per heavy atom. The molecule has 2 aliphatic rings. The smallest absolute Gasteiger partial charge is 0.164 e. The third-order valence-electron chi connectivity index (χ3n) is 3.99. The van der Waals surface area contributed by atoms with Gasteiger partial charge in [-0.25, -0.2) is 0 Å². The molecule has 0 atom stereocenters. The molecule has 0 amide bonds. The Hall–Kier alpha value is -0.830. The van der Waals surface area contributed by atoms with Crippen LogP contribution in [0.15, 0.2) is 10.5 Å². The van der Waals surface area contributed by atoms with Crippen LogP contribution in [0.2, 0.25) is 0 Å². The van der Waals surface area contributed by atoms with Crippen molar-refractivity contribution >= 4 is 21.7 Å². The van der Waals surface area contributed by atoms with Crippen LogP contribution < -0.4 is 4.74 Å². The van der Waals surface area contributed by atoms with E-state index in [4.69, 9.17) is 4.74 Å². The number of ketones is 1. The van der Waals surface area contributed by atoms with Gasteiger partial charge in [-0.3, -0.25) is 4.79 Å². The van der Waals surface area contributed by atoms with E-state index in [-0.39, 0.29) is 11.2 Å². The lowest BCUT2D eigenvalue weighted by Gasteiger charge is -2.20. The second-order valence-corrected chi connectivity index (χ2v) is 6.92. The highest BCUT2D eigenvalue weighted by atomic mass is 79.9. The van der Waals surface area contributed by atoms with Gasteiger partial charge in [-0.15, -0.1) is 0 Å². The van der Waals surface area contributed by atoms with E-state index in [1.54, 1.807) is 0 Å². The number of carbonyl (C=O) groups excluding carboxylic acids is 1. The Morgan fingerprint density at radius 1 is 1.33 bits per heavy atom. The highest BCUT2D eigenvalue weighted by Crippen LogP contribution is 2.43. The molecule has 96 valence electrons. The van der Waals surface area contributed by atoms with Gasteiger partial charge in [0.15, 0.2) is 5.78 Å². The van der Waals surface area contributed by atoms with Gasteiger partial charge in [-0.1, -0.05) is 29.8 Å². The monoisotopic (exact) mass is 308 g/mol. The van der Waals surface area contributed by atoms with Crippen molar-refractivity contribution < 1.29 is 9.53 Å². The first kappa shape index (κ1) is 12.2. The van der Waals surface area contributed by atoms with E-state index in [1.165, 1.54) is 5.56 Å². The van der Waals surface area contributed by atoms with Crippen molar-refractivity contribution in [3.63, 3.8) is 0 Å². The zero-order chi connectivity index (χ0) is 12.9. The summed E-state index contributed by atoms with van der Waals surface area (Å²) in [6.45, 7) is 5.09. The minimum absolute atomic E-state index is 0.0844. The van der Waals surface area contributed by atoms with Gasteiger partial charge in [0.25, 0.3) is 0 Å². The second-order valence-electron chi connectivity index (χ2n) is 6.06. The molecular weight excluding hydrogens is 292 g/mol. The first-order valence-electron chi connectivity index (χ1n) is 6.48. The van der Waals surface area contributed by atoms with Gasteiger partial charge in [-0.05, 0) is 29.9 Å². The number of rotatable bonds is 0. The molecule has 0 aromatic heterocycles. The van der Waals surface area contributed by atoms with Crippen LogP contribution >= 0.6 is 15.9 Å². The van der Waals surface area contributed by atoms with Crippen molar-refractivity contribution in [1.29, 1.82) is 0 Å². The zero-order valence-corrected chi connectivity index (χ0v) is 12.4. The molecular formula is C15H17BrO2. The number of hydrogen-bond donors (Lipinski definition) is 0. The molecule has 3 heteroatoms. The molecule has 18 heavy (non-hydrogen) atoms. The van der Waals surface area contributed by atoms with Crippen molar-refractivity contribution in [2.45, 2.75) is 39.5 Å². The number of ether oxygens (including phenoxy) is 1.